The number of ether oxygens (including phenoxy) is 2. The van der Waals surface area contributed by atoms with E-state index in [-0.39, 0.29) is 18.3 Å². The second kappa shape index (κ2) is 9.66. The predicted octanol–water partition coefficient (Wildman–Crippen LogP) is 4.75. The molecule has 0 aromatic heterocycles. The molecular formula is C24H27F2N3O4. The molecule has 0 radical (unpaired) electrons. The van der Waals surface area contributed by atoms with E-state index >= 15 is 0 Å². The van der Waals surface area contributed by atoms with Gasteiger partial charge in [-0.3, -0.25) is 10.3 Å². The van der Waals surface area contributed by atoms with Crippen LogP contribution in [0.5, 0.6) is 11.5 Å². The Morgan fingerprint density at radius 3 is 2.70 bits per heavy atom. The first kappa shape index (κ1) is 22.8. The molecule has 1 aliphatic heterocycles. The smallest absolute Gasteiger partial charge is 0.319 e. The normalized spacial score (nSPS) is 20.2. The number of hydroxylamine groups is 1. The van der Waals surface area contributed by atoms with Gasteiger partial charge in [-0.1, -0.05) is 0 Å². The number of amides is 2. The largest absolute Gasteiger partial charge is 0.493 e. The van der Waals surface area contributed by atoms with Crippen molar-refractivity contribution in [2.75, 3.05) is 19.0 Å². The van der Waals surface area contributed by atoms with Crippen molar-refractivity contribution in [2.45, 2.75) is 44.3 Å². The van der Waals surface area contributed by atoms with E-state index in [1.54, 1.807) is 14.0 Å². The van der Waals surface area contributed by atoms with Crippen LogP contribution in [-0.4, -0.2) is 31.4 Å². The molecule has 2 aliphatic rings. The number of anilines is 1. The fraction of sp³-hybridized carbons (Fsp3) is 0.375. The summed E-state index contributed by atoms with van der Waals surface area (Å²) in [4.78, 5) is 17.9. The molecule has 4 rings (SSSR count). The van der Waals surface area contributed by atoms with Gasteiger partial charge >= 0.3 is 6.03 Å². The molecule has 1 fully saturated rings. The molecule has 2 aromatic carbocycles. The zero-order valence-corrected chi connectivity index (χ0v) is 18.5. The van der Waals surface area contributed by atoms with Gasteiger partial charge in [0, 0.05) is 11.6 Å². The van der Waals surface area contributed by atoms with Crippen molar-refractivity contribution >= 4 is 17.4 Å². The molecule has 1 saturated carbocycles. The molecule has 1 heterocycles. The van der Waals surface area contributed by atoms with Crippen LogP contribution in [0, 0.1) is 11.6 Å². The summed E-state index contributed by atoms with van der Waals surface area (Å²) in [5.41, 5.74) is 3.52. The summed E-state index contributed by atoms with van der Waals surface area (Å²) in [6.07, 6.45) is 6.44. The lowest BCUT2D eigenvalue weighted by molar-refractivity contribution is -0.0183. The second-order valence-corrected chi connectivity index (χ2v) is 8.40. The number of rotatable bonds is 7. The number of urea groups is 1. The average Bonchev–Trinajstić information content (AvgIpc) is 3.44. The lowest BCUT2D eigenvalue weighted by Gasteiger charge is -2.20. The van der Waals surface area contributed by atoms with Crippen molar-refractivity contribution < 1.29 is 27.9 Å². The zero-order valence-electron chi connectivity index (χ0n) is 18.5. The van der Waals surface area contributed by atoms with Crippen LogP contribution in [0.3, 0.4) is 0 Å². The number of carbonyl (C=O) groups is 1. The lowest BCUT2D eigenvalue weighted by Crippen LogP contribution is -2.42. The summed E-state index contributed by atoms with van der Waals surface area (Å²) in [5, 5.41) is 5.00. The highest BCUT2D eigenvalue weighted by Gasteiger charge is 2.31. The molecule has 0 spiro atoms. The fourth-order valence-electron chi connectivity index (χ4n) is 3.90. The van der Waals surface area contributed by atoms with Crippen LogP contribution in [0.4, 0.5) is 19.3 Å². The van der Waals surface area contributed by atoms with Crippen molar-refractivity contribution in [3.63, 3.8) is 0 Å². The van der Waals surface area contributed by atoms with E-state index in [1.807, 2.05) is 24.3 Å². The molecule has 1 atom stereocenters. The number of methoxy groups -OCH3 is 1. The second-order valence-electron chi connectivity index (χ2n) is 8.40. The van der Waals surface area contributed by atoms with Gasteiger partial charge in [-0.2, -0.15) is 0 Å². The van der Waals surface area contributed by atoms with E-state index in [0.717, 1.165) is 36.2 Å². The van der Waals surface area contributed by atoms with Crippen LogP contribution in [-0.2, 0) is 4.84 Å². The minimum atomic E-state index is -0.854. The van der Waals surface area contributed by atoms with E-state index in [9.17, 15) is 13.6 Å². The zero-order chi connectivity index (χ0) is 23.4. The molecular weight excluding hydrogens is 432 g/mol. The van der Waals surface area contributed by atoms with Crippen molar-refractivity contribution in [3.05, 3.63) is 59.7 Å². The fourth-order valence-corrected chi connectivity index (χ4v) is 3.90. The van der Waals surface area contributed by atoms with Crippen LogP contribution >= 0.6 is 0 Å². The van der Waals surface area contributed by atoms with Gasteiger partial charge in [0.1, 0.15) is 17.2 Å². The van der Waals surface area contributed by atoms with Crippen LogP contribution < -0.4 is 25.6 Å². The van der Waals surface area contributed by atoms with Crippen LogP contribution in [0.2, 0.25) is 0 Å². The van der Waals surface area contributed by atoms with Gasteiger partial charge in [0.2, 0.25) is 0 Å². The maximum absolute atomic E-state index is 13.7. The van der Waals surface area contributed by atoms with Gasteiger partial charge < -0.3 is 20.1 Å². The first-order valence-electron chi connectivity index (χ1n) is 10.9. The molecule has 1 unspecified atom stereocenters. The van der Waals surface area contributed by atoms with E-state index in [4.69, 9.17) is 14.3 Å². The topological polar surface area (TPSA) is 80.9 Å². The van der Waals surface area contributed by atoms with E-state index in [1.165, 1.54) is 12.8 Å². The van der Waals surface area contributed by atoms with E-state index in [2.05, 4.69) is 16.1 Å². The summed E-state index contributed by atoms with van der Waals surface area (Å²) >= 11 is 0. The van der Waals surface area contributed by atoms with Crippen LogP contribution in [0.1, 0.15) is 38.2 Å². The average molecular weight is 459 g/mol. The monoisotopic (exact) mass is 459 g/mol. The Bertz CT molecular complexity index is 1060. The molecule has 0 bridgehead atoms. The van der Waals surface area contributed by atoms with Crippen molar-refractivity contribution in [1.29, 1.82) is 0 Å². The van der Waals surface area contributed by atoms with Crippen molar-refractivity contribution in [1.82, 2.24) is 10.8 Å². The maximum atomic E-state index is 13.7. The van der Waals surface area contributed by atoms with Gasteiger partial charge in [0.25, 0.3) is 0 Å². The third-order valence-electron chi connectivity index (χ3n) is 5.69. The van der Waals surface area contributed by atoms with Crippen molar-refractivity contribution in [3.8, 4) is 11.5 Å². The summed E-state index contributed by atoms with van der Waals surface area (Å²) < 4.78 is 38.4. The Kier molecular flexibility index (Phi) is 6.69. The third kappa shape index (κ3) is 5.54. The van der Waals surface area contributed by atoms with Crippen LogP contribution in [0.25, 0.3) is 5.70 Å². The number of benzene rings is 2. The molecule has 33 heavy (non-hydrogen) atoms. The lowest BCUT2D eigenvalue weighted by atomic mass is 10.0. The molecule has 3 N–H and O–H groups in total. The quantitative estimate of drug-likeness (QED) is 0.557. The minimum absolute atomic E-state index is 0.111. The highest BCUT2D eigenvalue weighted by atomic mass is 19.1. The number of carbonyl (C=O) groups excluding carboxylic acids is 1. The van der Waals surface area contributed by atoms with Crippen LogP contribution in [0.15, 0.2) is 42.5 Å². The number of nitrogens with one attached hydrogen (secondary N) is 3. The Morgan fingerprint density at radius 2 is 1.97 bits per heavy atom. The highest BCUT2D eigenvalue weighted by Crippen LogP contribution is 2.35. The molecule has 2 aromatic rings. The Morgan fingerprint density at radius 1 is 1.18 bits per heavy atom. The number of hydrogen-bond acceptors (Lipinski definition) is 5. The summed E-state index contributed by atoms with van der Waals surface area (Å²) in [6.45, 7) is 1.91. The Labute approximate surface area is 191 Å². The highest BCUT2D eigenvalue weighted by molar-refractivity contribution is 5.89. The predicted molar refractivity (Wildman–Crippen MR) is 120 cm³/mol. The first-order valence-corrected chi connectivity index (χ1v) is 10.9. The Balaban J connectivity index is 1.40. The van der Waals surface area contributed by atoms with Gasteiger partial charge in [-0.05, 0) is 69.0 Å². The first-order chi connectivity index (χ1) is 15.8. The van der Waals surface area contributed by atoms with Gasteiger partial charge in [-0.15, -0.1) is 0 Å². The summed E-state index contributed by atoms with van der Waals surface area (Å²) in [6, 6.07) is 7.94. The Hall–Kier alpha value is -3.33. The minimum Gasteiger partial charge on any atom is -0.493 e. The van der Waals surface area contributed by atoms with Gasteiger partial charge in [0.15, 0.2) is 11.5 Å². The molecule has 1 aliphatic carbocycles. The third-order valence-corrected chi connectivity index (χ3v) is 5.69. The number of halogens is 2. The van der Waals surface area contributed by atoms with Gasteiger partial charge in [0.05, 0.1) is 31.1 Å². The maximum Gasteiger partial charge on any atom is 0.319 e. The van der Waals surface area contributed by atoms with Gasteiger partial charge in [-0.25, -0.2) is 13.6 Å². The molecule has 9 heteroatoms. The van der Waals surface area contributed by atoms with E-state index in [0.29, 0.717) is 17.6 Å². The molecule has 0 saturated heterocycles. The summed E-state index contributed by atoms with van der Waals surface area (Å²) in [7, 11) is 1.61. The number of hydrogen-bond donors (Lipinski definition) is 3. The summed E-state index contributed by atoms with van der Waals surface area (Å²) in [5.74, 6) is -0.229. The molecule has 176 valence electrons. The van der Waals surface area contributed by atoms with E-state index < -0.39 is 23.3 Å². The standard InChI is InChI=1S/C24H27F2N3O4/c1-24(14-27-23(30)28-19-9-8-16(25)12-18(19)26)13-20(29-33-24)15-7-10-21(31-2)22(11-15)32-17-5-3-4-6-17/h7-13,17,29H,3-6,14H2,1-2H3,(H2,27,28,30). The van der Waals surface area contributed by atoms with Crippen molar-refractivity contribution in [2.24, 2.45) is 0 Å². The molecule has 2 amide bonds. The molecule has 7 nitrogen and oxygen atoms in total. The SMILES string of the molecule is COc1ccc(C2=CC(C)(CNC(=O)Nc3ccc(F)cc3F)ON2)cc1OC1CCCC1.